The van der Waals surface area contributed by atoms with Gasteiger partial charge in [0.1, 0.15) is 11.5 Å². The van der Waals surface area contributed by atoms with Gasteiger partial charge in [-0.15, -0.1) is 11.6 Å². The highest BCUT2D eigenvalue weighted by Gasteiger charge is 2.13. The van der Waals surface area contributed by atoms with Gasteiger partial charge < -0.3 is 9.47 Å². The Morgan fingerprint density at radius 2 is 1.57 bits per heavy atom. The number of aryl methyl sites for hydroxylation is 1. The summed E-state index contributed by atoms with van der Waals surface area (Å²) < 4.78 is 12.4. The normalized spacial score (nSPS) is 12.3. The molecule has 0 aliphatic carbocycles. The Labute approximate surface area is 176 Å². The molecule has 0 saturated heterocycles. The smallest absolute Gasteiger partial charge is 0.130 e. The van der Waals surface area contributed by atoms with E-state index < -0.39 is 0 Å². The second kappa shape index (κ2) is 12.9. The van der Waals surface area contributed by atoms with Crippen LogP contribution in [0.3, 0.4) is 0 Å². The lowest BCUT2D eigenvalue weighted by Crippen LogP contribution is -2.04. The van der Waals surface area contributed by atoms with Crippen LogP contribution in [0.1, 0.15) is 77.7 Å². The van der Waals surface area contributed by atoms with E-state index in [4.69, 9.17) is 21.1 Å². The molecule has 0 N–H and O–H groups in total. The molecule has 1 unspecified atom stereocenters. The molecule has 0 radical (unpaired) electrons. The molecular weight excluding hydrogens is 368 g/mol. The summed E-state index contributed by atoms with van der Waals surface area (Å²) in [6.07, 6.45) is 10.1. The molecule has 2 aromatic rings. The third-order valence-electron chi connectivity index (χ3n) is 5.27. The Hall–Kier alpha value is -1.41. The van der Waals surface area contributed by atoms with E-state index in [1.54, 1.807) is 0 Å². The molecule has 2 aromatic carbocycles. The van der Waals surface area contributed by atoms with Crippen molar-refractivity contribution in [2.24, 2.45) is 0 Å². The maximum absolute atomic E-state index is 6.25. The average Bonchev–Trinajstić information content (AvgIpc) is 2.73. The lowest BCUT2D eigenvalue weighted by Gasteiger charge is -2.17. The summed E-state index contributed by atoms with van der Waals surface area (Å²) in [4.78, 5) is 0. The van der Waals surface area contributed by atoms with Crippen molar-refractivity contribution in [3.05, 3.63) is 35.9 Å². The summed E-state index contributed by atoms with van der Waals surface area (Å²) in [5.41, 5.74) is 1.23. The zero-order chi connectivity index (χ0) is 20.2. The number of ether oxygens (including phenoxy) is 2. The molecule has 0 spiro atoms. The van der Waals surface area contributed by atoms with Crippen molar-refractivity contribution >= 4 is 22.4 Å². The molecule has 0 fully saturated rings. The van der Waals surface area contributed by atoms with Crippen molar-refractivity contribution in [3.63, 3.8) is 0 Å². The summed E-state index contributed by atoms with van der Waals surface area (Å²) in [5, 5.41) is 2.60. The molecule has 0 amide bonds. The molecule has 1 atom stereocenters. The number of hydrogen-bond acceptors (Lipinski definition) is 2. The van der Waals surface area contributed by atoms with Crippen molar-refractivity contribution in [3.8, 4) is 11.5 Å². The van der Waals surface area contributed by atoms with E-state index in [0.29, 0.717) is 5.38 Å². The summed E-state index contributed by atoms with van der Waals surface area (Å²) in [5.74, 6) is 2.01. The van der Waals surface area contributed by atoms with Gasteiger partial charge in [-0.05, 0) is 50.2 Å². The van der Waals surface area contributed by atoms with Crippen LogP contribution in [-0.4, -0.2) is 18.6 Å². The third-order valence-corrected chi connectivity index (χ3v) is 5.80. The first kappa shape index (κ1) is 22.9. The van der Waals surface area contributed by atoms with Crippen LogP contribution in [0.15, 0.2) is 30.3 Å². The highest BCUT2D eigenvalue weighted by atomic mass is 35.5. The molecule has 0 aromatic heterocycles. The fourth-order valence-electron chi connectivity index (χ4n) is 3.48. The molecule has 2 rings (SSSR count). The molecule has 3 heteroatoms. The first-order valence-corrected chi connectivity index (χ1v) is 11.6. The van der Waals surface area contributed by atoms with Crippen LogP contribution in [0.2, 0.25) is 0 Å². The Balaban J connectivity index is 2.07. The molecule has 0 bridgehead atoms. The maximum atomic E-state index is 6.25. The fourth-order valence-corrected chi connectivity index (χ4v) is 3.63. The highest BCUT2D eigenvalue weighted by molar-refractivity contribution is 6.20. The zero-order valence-corrected chi connectivity index (χ0v) is 18.7. The summed E-state index contributed by atoms with van der Waals surface area (Å²) in [6, 6.07) is 10.6. The molecule has 2 nitrogen and oxygen atoms in total. The Morgan fingerprint density at radius 1 is 0.857 bits per heavy atom. The molecule has 0 saturated carbocycles. The van der Waals surface area contributed by atoms with E-state index in [-0.39, 0.29) is 0 Å². The van der Waals surface area contributed by atoms with Crippen molar-refractivity contribution < 1.29 is 9.47 Å². The van der Waals surface area contributed by atoms with Crippen molar-refractivity contribution in [1.29, 1.82) is 0 Å². The van der Waals surface area contributed by atoms with Gasteiger partial charge in [0, 0.05) is 16.1 Å². The number of halogens is 1. The fraction of sp³-hybridized carbons (Fsp3) is 0.600. The van der Waals surface area contributed by atoms with Crippen molar-refractivity contribution in [2.45, 2.75) is 83.9 Å². The minimum atomic E-state index is 0.293. The lowest BCUT2D eigenvalue weighted by molar-refractivity contribution is 0.299. The minimum Gasteiger partial charge on any atom is -0.493 e. The number of benzene rings is 2. The molecule has 0 aliphatic heterocycles. The highest BCUT2D eigenvalue weighted by Crippen LogP contribution is 2.37. The predicted molar refractivity (Wildman–Crippen MR) is 122 cm³/mol. The monoisotopic (exact) mass is 404 g/mol. The van der Waals surface area contributed by atoms with Gasteiger partial charge >= 0.3 is 0 Å². The second-order valence-corrected chi connectivity index (χ2v) is 8.14. The van der Waals surface area contributed by atoms with Crippen molar-refractivity contribution in [2.75, 3.05) is 13.2 Å². The van der Waals surface area contributed by atoms with Gasteiger partial charge in [-0.1, -0.05) is 64.3 Å². The minimum absolute atomic E-state index is 0.293. The third kappa shape index (κ3) is 6.88. The van der Waals surface area contributed by atoms with Crippen LogP contribution >= 0.6 is 11.6 Å². The molecular formula is C25H37ClO2. The van der Waals surface area contributed by atoms with Crippen LogP contribution in [-0.2, 0) is 6.42 Å². The van der Waals surface area contributed by atoms with Crippen LogP contribution in [0, 0.1) is 0 Å². The largest absolute Gasteiger partial charge is 0.493 e. The zero-order valence-electron chi connectivity index (χ0n) is 17.9. The average molecular weight is 405 g/mol. The number of unbranched alkanes of at least 4 members (excludes halogenated alkanes) is 4. The lowest BCUT2D eigenvalue weighted by atomic mass is 10.0. The van der Waals surface area contributed by atoms with E-state index >= 15 is 0 Å². The van der Waals surface area contributed by atoms with Gasteiger partial charge in [-0.3, -0.25) is 0 Å². The Kier molecular flexibility index (Phi) is 10.6. The van der Waals surface area contributed by atoms with E-state index in [9.17, 15) is 0 Å². The van der Waals surface area contributed by atoms with Crippen LogP contribution in [0.5, 0.6) is 11.5 Å². The first-order chi connectivity index (χ1) is 13.7. The Bertz CT molecular complexity index is 698. The molecule has 0 aliphatic rings. The van der Waals surface area contributed by atoms with Gasteiger partial charge in [0.15, 0.2) is 0 Å². The number of rotatable bonds is 14. The maximum Gasteiger partial charge on any atom is 0.130 e. The number of hydrogen-bond donors (Lipinski definition) is 0. The summed E-state index contributed by atoms with van der Waals surface area (Å²) in [6.45, 7) is 8.08. The standard InChI is InChI=1S/C25H37ClO2/c1-4-7-8-12-18-28-25-20(5-2)19-24(22-15-9-10-16-23(22)25)27-17-13-11-14-21(26)6-3/h9-10,15-16,19,21H,4-8,11-14,17-18H2,1-3H3. The van der Waals surface area contributed by atoms with Gasteiger partial charge in [0.2, 0.25) is 0 Å². The predicted octanol–water partition coefficient (Wildman–Crippen LogP) is 7.93. The summed E-state index contributed by atoms with van der Waals surface area (Å²) >= 11 is 6.21. The first-order valence-electron chi connectivity index (χ1n) is 11.1. The van der Waals surface area contributed by atoms with Crippen LogP contribution in [0.4, 0.5) is 0 Å². The SMILES string of the molecule is CCCCCCOc1c(CC)cc(OCCCCC(Cl)CC)c2ccccc12. The summed E-state index contributed by atoms with van der Waals surface area (Å²) in [7, 11) is 0. The van der Waals surface area contributed by atoms with E-state index in [1.165, 1.54) is 30.2 Å². The Morgan fingerprint density at radius 3 is 2.29 bits per heavy atom. The van der Waals surface area contributed by atoms with E-state index in [0.717, 1.165) is 68.6 Å². The van der Waals surface area contributed by atoms with Gasteiger partial charge in [0.25, 0.3) is 0 Å². The number of alkyl halides is 1. The van der Waals surface area contributed by atoms with Gasteiger partial charge in [-0.2, -0.15) is 0 Å². The van der Waals surface area contributed by atoms with Gasteiger partial charge in [0.05, 0.1) is 13.2 Å². The number of fused-ring (bicyclic) bond motifs is 1. The van der Waals surface area contributed by atoms with Crippen LogP contribution < -0.4 is 9.47 Å². The molecule has 28 heavy (non-hydrogen) atoms. The van der Waals surface area contributed by atoms with Crippen molar-refractivity contribution in [1.82, 2.24) is 0 Å². The topological polar surface area (TPSA) is 18.5 Å². The second-order valence-electron chi connectivity index (χ2n) is 7.52. The van der Waals surface area contributed by atoms with E-state index in [1.807, 2.05) is 0 Å². The molecule has 156 valence electrons. The van der Waals surface area contributed by atoms with E-state index in [2.05, 4.69) is 51.1 Å². The van der Waals surface area contributed by atoms with Crippen LogP contribution in [0.25, 0.3) is 10.8 Å². The molecule has 0 heterocycles. The quantitative estimate of drug-likeness (QED) is 0.235. The van der Waals surface area contributed by atoms with Gasteiger partial charge in [-0.25, -0.2) is 0 Å².